The molecule has 1 aromatic rings. The van der Waals surface area contributed by atoms with Gasteiger partial charge in [0.1, 0.15) is 17.8 Å². The Morgan fingerprint density at radius 1 is 0.972 bits per heavy atom. The third kappa shape index (κ3) is 4.24. The van der Waals surface area contributed by atoms with E-state index < -0.39 is 58.4 Å². The number of esters is 3. The van der Waals surface area contributed by atoms with Crippen LogP contribution in [0.1, 0.15) is 66.4 Å². The average molecular weight is 501 g/mol. The van der Waals surface area contributed by atoms with Gasteiger partial charge in [0.05, 0.1) is 16.6 Å². The molecule has 1 N–H and O–H groups in total. The summed E-state index contributed by atoms with van der Waals surface area (Å²) in [5, 5.41) is 11.9. The minimum Gasteiger partial charge on any atom is -0.458 e. The predicted octanol–water partition coefficient (Wildman–Crippen LogP) is 3.59. The molecule has 0 aromatic heterocycles. The number of fused-ring (bicyclic) bond motifs is 1. The van der Waals surface area contributed by atoms with Crippen molar-refractivity contribution >= 4 is 24.0 Å². The minimum atomic E-state index is -1.46. The fourth-order valence-electron chi connectivity index (χ4n) is 6.77. The molecular weight excluding hydrogens is 464 g/mol. The Morgan fingerprint density at radius 3 is 2.22 bits per heavy atom. The Balaban J connectivity index is 1.78. The Labute approximate surface area is 211 Å². The minimum absolute atomic E-state index is 0.0114. The highest BCUT2D eigenvalue weighted by Crippen LogP contribution is 2.68. The van der Waals surface area contributed by atoms with Crippen molar-refractivity contribution in [1.29, 1.82) is 0 Å². The molecule has 2 saturated carbocycles. The lowest BCUT2D eigenvalue weighted by atomic mass is 9.48. The number of ether oxygens (including phenoxy) is 4. The molecule has 0 amide bonds. The van der Waals surface area contributed by atoms with Crippen molar-refractivity contribution in [3.05, 3.63) is 42.0 Å². The van der Waals surface area contributed by atoms with E-state index in [0.29, 0.717) is 12.8 Å². The molecule has 0 radical (unpaired) electrons. The summed E-state index contributed by atoms with van der Waals surface area (Å²) in [5.74, 6) is -1.71. The highest BCUT2D eigenvalue weighted by Gasteiger charge is 2.79. The number of hydrogen-bond donors (Lipinski definition) is 1. The summed E-state index contributed by atoms with van der Waals surface area (Å²) in [7, 11) is 0. The van der Waals surface area contributed by atoms with E-state index in [-0.39, 0.29) is 12.3 Å². The van der Waals surface area contributed by atoms with Crippen LogP contribution in [-0.4, -0.2) is 58.1 Å². The molecule has 8 heteroatoms. The van der Waals surface area contributed by atoms with Crippen LogP contribution in [0, 0.1) is 11.3 Å². The van der Waals surface area contributed by atoms with Crippen molar-refractivity contribution < 1.29 is 38.4 Å². The number of aliphatic hydroxyl groups is 1. The number of hydrogen-bond acceptors (Lipinski definition) is 8. The van der Waals surface area contributed by atoms with Gasteiger partial charge in [-0.1, -0.05) is 30.3 Å². The molecule has 1 aliphatic heterocycles. The third-order valence-electron chi connectivity index (χ3n) is 8.47. The maximum atomic E-state index is 13.0. The molecule has 0 unspecified atom stereocenters. The maximum absolute atomic E-state index is 13.0. The second-order valence-electron chi connectivity index (χ2n) is 11.3. The van der Waals surface area contributed by atoms with Gasteiger partial charge in [-0.15, -0.1) is 0 Å². The van der Waals surface area contributed by atoms with Crippen molar-refractivity contribution in [1.82, 2.24) is 0 Å². The predicted molar refractivity (Wildman–Crippen MR) is 130 cm³/mol. The van der Waals surface area contributed by atoms with E-state index in [1.807, 2.05) is 44.2 Å². The highest BCUT2D eigenvalue weighted by molar-refractivity contribution is 5.87. The molecule has 1 heterocycles. The maximum Gasteiger partial charge on any atom is 0.331 e. The number of carbonyl (C=O) groups is 3. The van der Waals surface area contributed by atoms with Crippen molar-refractivity contribution in [2.24, 2.45) is 11.3 Å². The monoisotopic (exact) mass is 500 g/mol. The fraction of sp³-hybridized carbons (Fsp3) is 0.607. The van der Waals surface area contributed by atoms with E-state index in [1.54, 1.807) is 19.9 Å². The molecule has 4 rings (SSSR count). The van der Waals surface area contributed by atoms with Crippen LogP contribution in [-0.2, 0) is 33.3 Å². The van der Waals surface area contributed by atoms with Crippen LogP contribution in [0.4, 0.5) is 0 Å². The van der Waals surface area contributed by atoms with Gasteiger partial charge in [0.2, 0.25) is 0 Å². The Kier molecular flexibility index (Phi) is 6.58. The van der Waals surface area contributed by atoms with Crippen molar-refractivity contribution in [2.45, 2.75) is 95.9 Å². The van der Waals surface area contributed by atoms with Crippen LogP contribution in [0.25, 0.3) is 6.08 Å². The van der Waals surface area contributed by atoms with Gasteiger partial charge in [0.15, 0.2) is 6.10 Å². The second kappa shape index (κ2) is 8.99. The first-order valence-electron chi connectivity index (χ1n) is 12.4. The standard InChI is InChI=1S/C28H36O8/c1-17(29)33-21-16-26(5,32)28-15-20(25(3,4)36-28)14-22(27(28,6)24(21)34-18(2)30)35-23(31)13-12-19-10-8-7-9-11-19/h7-13,20-22,24,32H,14-16H2,1-6H3/t20-,21+,22+,24+,26+,27-,28+/m0/s1. The van der Waals surface area contributed by atoms with Crippen LogP contribution in [0.3, 0.4) is 0 Å². The van der Waals surface area contributed by atoms with Gasteiger partial charge >= 0.3 is 17.9 Å². The van der Waals surface area contributed by atoms with Gasteiger partial charge in [-0.05, 0) is 58.1 Å². The molecule has 7 atom stereocenters. The third-order valence-corrected chi connectivity index (χ3v) is 8.47. The zero-order valence-corrected chi connectivity index (χ0v) is 21.8. The quantitative estimate of drug-likeness (QED) is 0.371. The molecule has 36 heavy (non-hydrogen) atoms. The van der Waals surface area contributed by atoms with E-state index in [2.05, 4.69) is 0 Å². The van der Waals surface area contributed by atoms with E-state index in [0.717, 1.165) is 5.56 Å². The second-order valence-corrected chi connectivity index (χ2v) is 11.3. The number of carbonyl (C=O) groups excluding carboxylic acids is 3. The summed E-state index contributed by atoms with van der Waals surface area (Å²) >= 11 is 0. The van der Waals surface area contributed by atoms with E-state index in [4.69, 9.17) is 18.9 Å². The summed E-state index contributed by atoms with van der Waals surface area (Å²) in [5.41, 5.74) is -3.66. The molecule has 3 aliphatic rings. The smallest absolute Gasteiger partial charge is 0.331 e. The lowest BCUT2D eigenvalue weighted by Crippen LogP contribution is -2.77. The fourth-order valence-corrected chi connectivity index (χ4v) is 6.77. The molecule has 196 valence electrons. The van der Waals surface area contributed by atoms with Crippen molar-refractivity contribution in [3.8, 4) is 0 Å². The van der Waals surface area contributed by atoms with E-state index in [1.165, 1.54) is 19.9 Å². The summed E-state index contributed by atoms with van der Waals surface area (Å²) in [4.78, 5) is 37.3. The zero-order chi connectivity index (χ0) is 26.5. The molecule has 1 spiro atoms. The summed E-state index contributed by atoms with van der Waals surface area (Å²) in [6, 6.07) is 9.37. The Bertz CT molecular complexity index is 1060. The Morgan fingerprint density at radius 2 is 1.61 bits per heavy atom. The molecule has 8 nitrogen and oxygen atoms in total. The topological polar surface area (TPSA) is 108 Å². The summed E-state index contributed by atoms with van der Waals surface area (Å²) in [6.45, 7) is 9.93. The average Bonchev–Trinajstić information content (AvgIpc) is 3.02. The summed E-state index contributed by atoms with van der Waals surface area (Å²) < 4.78 is 24.2. The number of rotatable bonds is 5. The van der Waals surface area contributed by atoms with Crippen LogP contribution < -0.4 is 0 Å². The normalized spacial score (nSPS) is 38.8. The van der Waals surface area contributed by atoms with Crippen molar-refractivity contribution in [2.75, 3.05) is 0 Å². The van der Waals surface area contributed by atoms with Gasteiger partial charge < -0.3 is 24.1 Å². The molecule has 1 aromatic carbocycles. The first-order chi connectivity index (χ1) is 16.7. The Hall–Kier alpha value is -2.71. The van der Waals surface area contributed by atoms with Gasteiger partial charge in [-0.3, -0.25) is 9.59 Å². The lowest BCUT2D eigenvalue weighted by Gasteiger charge is -2.63. The summed E-state index contributed by atoms with van der Waals surface area (Å²) in [6.07, 6.45) is 1.25. The van der Waals surface area contributed by atoms with Crippen LogP contribution in [0.2, 0.25) is 0 Å². The molecule has 2 bridgehead atoms. The van der Waals surface area contributed by atoms with Crippen LogP contribution >= 0.6 is 0 Å². The highest BCUT2D eigenvalue weighted by atomic mass is 16.6. The first kappa shape index (κ1) is 26.4. The first-order valence-corrected chi connectivity index (χ1v) is 12.4. The molecular formula is C28H36O8. The lowest BCUT2D eigenvalue weighted by molar-refractivity contribution is -0.325. The number of benzene rings is 1. The van der Waals surface area contributed by atoms with Gasteiger partial charge in [-0.2, -0.15) is 0 Å². The largest absolute Gasteiger partial charge is 0.458 e. The molecule has 3 fully saturated rings. The molecule has 1 saturated heterocycles. The molecule has 2 aliphatic carbocycles. The van der Waals surface area contributed by atoms with Gasteiger partial charge in [0.25, 0.3) is 0 Å². The zero-order valence-electron chi connectivity index (χ0n) is 21.8. The van der Waals surface area contributed by atoms with E-state index >= 15 is 0 Å². The van der Waals surface area contributed by atoms with E-state index in [9.17, 15) is 19.5 Å². The van der Waals surface area contributed by atoms with Crippen LogP contribution in [0.5, 0.6) is 0 Å². The van der Waals surface area contributed by atoms with Gasteiger partial charge in [0, 0.05) is 26.3 Å². The van der Waals surface area contributed by atoms with Crippen LogP contribution in [0.15, 0.2) is 36.4 Å². The van der Waals surface area contributed by atoms with Gasteiger partial charge in [-0.25, -0.2) is 4.79 Å². The van der Waals surface area contributed by atoms with Crippen molar-refractivity contribution in [3.63, 3.8) is 0 Å². The SMILES string of the molecule is CC(=O)O[C@@H]1[C@H](OC(C)=O)C[C@@](C)(O)[C@]23C[C@H](C[C@@H](OC(=O)C=Cc4ccccc4)[C@@]12C)C(C)(C)O3.